The summed E-state index contributed by atoms with van der Waals surface area (Å²) in [4.78, 5) is 14.9. The standard InChI is InChI=1S/C14H17NO2S/c1-15(10-12-6-8-17-11-12)7-2-4-13(16)14-5-3-9-18-14/h3,5-6,8-9,11H,2,4,7,10H2,1H3. The molecule has 0 radical (unpaired) electrons. The first-order valence-corrected chi connectivity index (χ1v) is 6.90. The minimum absolute atomic E-state index is 0.252. The van der Waals surface area contributed by atoms with E-state index in [-0.39, 0.29) is 5.78 Å². The van der Waals surface area contributed by atoms with E-state index in [1.54, 1.807) is 12.5 Å². The number of hydrogen-bond donors (Lipinski definition) is 0. The molecule has 0 aliphatic heterocycles. The molecule has 0 spiro atoms. The number of carbonyl (C=O) groups is 1. The lowest BCUT2D eigenvalue weighted by Crippen LogP contribution is -2.19. The van der Waals surface area contributed by atoms with Crippen LogP contribution in [0.4, 0.5) is 0 Å². The molecule has 18 heavy (non-hydrogen) atoms. The zero-order valence-electron chi connectivity index (χ0n) is 10.5. The van der Waals surface area contributed by atoms with Crippen molar-refractivity contribution >= 4 is 17.1 Å². The van der Waals surface area contributed by atoms with Crippen LogP contribution in [0.3, 0.4) is 0 Å². The maximum absolute atomic E-state index is 11.8. The average Bonchev–Trinajstić information content (AvgIpc) is 3.00. The van der Waals surface area contributed by atoms with E-state index in [9.17, 15) is 4.79 Å². The van der Waals surface area contributed by atoms with Gasteiger partial charge in [0.25, 0.3) is 0 Å². The van der Waals surface area contributed by atoms with Gasteiger partial charge in [0, 0.05) is 18.5 Å². The van der Waals surface area contributed by atoms with Crippen molar-refractivity contribution < 1.29 is 9.21 Å². The first-order chi connectivity index (χ1) is 8.75. The van der Waals surface area contributed by atoms with Crippen LogP contribution in [0.5, 0.6) is 0 Å². The number of Topliss-reactive ketones (excluding diaryl/α,β-unsaturated/α-hetero) is 1. The van der Waals surface area contributed by atoms with Gasteiger partial charge in [0.05, 0.1) is 17.4 Å². The molecule has 96 valence electrons. The third-order valence-electron chi connectivity index (χ3n) is 2.77. The van der Waals surface area contributed by atoms with Gasteiger partial charge in [0.15, 0.2) is 5.78 Å². The Labute approximate surface area is 111 Å². The van der Waals surface area contributed by atoms with Gasteiger partial charge >= 0.3 is 0 Å². The summed E-state index contributed by atoms with van der Waals surface area (Å²) in [5, 5.41) is 1.94. The second-order valence-corrected chi connectivity index (χ2v) is 5.32. The molecule has 4 heteroatoms. The molecule has 0 saturated carbocycles. The van der Waals surface area contributed by atoms with Crippen LogP contribution in [-0.4, -0.2) is 24.3 Å². The monoisotopic (exact) mass is 263 g/mol. The van der Waals surface area contributed by atoms with E-state index in [0.29, 0.717) is 6.42 Å². The van der Waals surface area contributed by atoms with Crippen LogP contribution in [0.2, 0.25) is 0 Å². The smallest absolute Gasteiger partial charge is 0.172 e. The van der Waals surface area contributed by atoms with Gasteiger partial charge in [-0.05, 0) is 37.5 Å². The Bertz CT molecular complexity index is 462. The van der Waals surface area contributed by atoms with Gasteiger partial charge in [0.1, 0.15) is 0 Å². The van der Waals surface area contributed by atoms with Gasteiger partial charge < -0.3 is 9.32 Å². The highest BCUT2D eigenvalue weighted by molar-refractivity contribution is 7.12. The number of nitrogens with zero attached hydrogens (tertiary/aromatic N) is 1. The molecule has 2 rings (SSSR count). The molecule has 2 aromatic heterocycles. The molecule has 0 unspecified atom stereocenters. The first kappa shape index (κ1) is 13.1. The number of thiophene rings is 1. The van der Waals surface area contributed by atoms with Gasteiger partial charge in [-0.3, -0.25) is 4.79 Å². The number of hydrogen-bond acceptors (Lipinski definition) is 4. The largest absolute Gasteiger partial charge is 0.472 e. The predicted molar refractivity (Wildman–Crippen MR) is 72.9 cm³/mol. The lowest BCUT2D eigenvalue weighted by molar-refractivity contribution is 0.0980. The van der Waals surface area contributed by atoms with E-state index in [1.807, 2.05) is 23.6 Å². The van der Waals surface area contributed by atoms with Crippen LogP contribution in [0, 0.1) is 0 Å². The number of furan rings is 1. The molecule has 0 amide bonds. The van der Waals surface area contributed by atoms with Gasteiger partial charge in [-0.25, -0.2) is 0 Å². The van der Waals surface area contributed by atoms with Crippen LogP contribution in [0.25, 0.3) is 0 Å². The molecule has 0 atom stereocenters. The minimum Gasteiger partial charge on any atom is -0.472 e. The third kappa shape index (κ3) is 3.82. The molecule has 0 aliphatic carbocycles. The maximum atomic E-state index is 11.8. The molecule has 0 fully saturated rings. The average molecular weight is 263 g/mol. The van der Waals surface area contributed by atoms with Gasteiger partial charge in [-0.15, -0.1) is 11.3 Å². The van der Waals surface area contributed by atoms with E-state index >= 15 is 0 Å². The summed E-state index contributed by atoms with van der Waals surface area (Å²) < 4.78 is 5.03. The van der Waals surface area contributed by atoms with Gasteiger partial charge in [0.2, 0.25) is 0 Å². The Kier molecular flexibility index (Phi) is 4.73. The van der Waals surface area contributed by atoms with Gasteiger partial charge in [-0.2, -0.15) is 0 Å². The molecule has 0 bridgehead atoms. The highest BCUT2D eigenvalue weighted by atomic mass is 32.1. The van der Waals surface area contributed by atoms with Crippen molar-refractivity contribution in [2.75, 3.05) is 13.6 Å². The fourth-order valence-corrected chi connectivity index (χ4v) is 2.54. The summed E-state index contributed by atoms with van der Waals surface area (Å²) in [5.41, 5.74) is 1.17. The molecule has 0 aliphatic rings. The van der Waals surface area contributed by atoms with Crippen molar-refractivity contribution in [3.8, 4) is 0 Å². The van der Waals surface area contributed by atoms with Gasteiger partial charge in [-0.1, -0.05) is 6.07 Å². The van der Waals surface area contributed by atoms with Crippen LogP contribution in [0.15, 0.2) is 40.5 Å². The fraction of sp³-hybridized carbons (Fsp3) is 0.357. The van der Waals surface area contributed by atoms with Crippen molar-refractivity contribution in [2.24, 2.45) is 0 Å². The normalized spacial score (nSPS) is 11.0. The van der Waals surface area contributed by atoms with Crippen LogP contribution in [-0.2, 0) is 6.54 Å². The Hall–Kier alpha value is -1.39. The zero-order chi connectivity index (χ0) is 12.8. The van der Waals surface area contributed by atoms with Crippen molar-refractivity contribution in [2.45, 2.75) is 19.4 Å². The number of carbonyl (C=O) groups excluding carboxylic acids is 1. The van der Waals surface area contributed by atoms with Crippen molar-refractivity contribution in [1.29, 1.82) is 0 Å². The Morgan fingerprint density at radius 1 is 1.44 bits per heavy atom. The van der Waals surface area contributed by atoms with Crippen LogP contribution >= 0.6 is 11.3 Å². The molecule has 0 saturated heterocycles. The summed E-state index contributed by atoms with van der Waals surface area (Å²) in [5.74, 6) is 0.252. The quantitative estimate of drug-likeness (QED) is 0.717. The van der Waals surface area contributed by atoms with E-state index in [4.69, 9.17) is 4.42 Å². The van der Waals surface area contributed by atoms with Crippen molar-refractivity contribution in [3.63, 3.8) is 0 Å². The second-order valence-electron chi connectivity index (χ2n) is 4.37. The van der Waals surface area contributed by atoms with E-state index in [0.717, 1.165) is 24.4 Å². The Morgan fingerprint density at radius 3 is 3.00 bits per heavy atom. The molecule has 0 N–H and O–H groups in total. The molecular formula is C14H17NO2S. The SMILES string of the molecule is CN(CCCC(=O)c1cccs1)Cc1ccoc1. The Morgan fingerprint density at radius 2 is 2.33 bits per heavy atom. The predicted octanol–water partition coefficient (Wildman–Crippen LogP) is 3.44. The summed E-state index contributed by atoms with van der Waals surface area (Å²) in [7, 11) is 2.06. The molecular weight excluding hydrogens is 246 g/mol. The molecule has 2 heterocycles. The first-order valence-electron chi connectivity index (χ1n) is 6.02. The molecule has 2 aromatic rings. The minimum atomic E-state index is 0.252. The van der Waals surface area contributed by atoms with Crippen molar-refractivity contribution in [1.82, 2.24) is 4.90 Å². The maximum Gasteiger partial charge on any atom is 0.172 e. The van der Waals surface area contributed by atoms with Crippen molar-refractivity contribution in [3.05, 3.63) is 46.5 Å². The number of rotatable bonds is 7. The van der Waals surface area contributed by atoms with E-state index in [1.165, 1.54) is 16.9 Å². The Balaban J connectivity index is 1.67. The lowest BCUT2D eigenvalue weighted by atomic mass is 10.2. The summed E-state index contributed by atoms with van der Waals surface area (Å²) in [6, 6.07) is 5.78. The highest BCUT2D eigenvalue weighted by Gasteiger charge is 2.07. The summed E-state index contributed by atoms with van der Waals surface area (Å²) >= 11 is 1.52. The van der Waals surface area contributed by atoms with E-state index in [2.05, 4.69) is 11.9 Å². The lowest BCUT2D eigenvalue weighted by Gasteiger charge is -2.14. The summed E-state index contributed by atoms with van der Waals surface area (Å²) in [6.07, 6.45) is 4.96. The fourth-order valence-electron chi connectivity index (χ4n) is 1.84. The number of ketones is 1. The topological polar surface area (TPSA) is 33.5 Å². The molecule has 0 aromatic carbocycles. The molecule has 3 nitrogen and oxygen atoms in total. The van der Waals surface area contributed by atoms with Crippen LogP contribution < -0.4 is 0 Å². The zero-order valence-corrected chi connectivity index (χ0v) is 11.3. The summed E-state index contributed by atoms with van der Waals surface area (Å²) in [6.45, 7) is 1.78. The second kappa shape index (κ2) is 6.52. The van der Waals surface area contributed by atoms with E-state index < -0.39 is 0 Å². The third-order valence-corrected chi connectivity index (χ3v) is 3.68. The highest BCUT2D eigenvalue weighted by Crippen LogP contribution is 2.12. The van der Waals surface area contributed by atoms with Crippen LogP contribution in [0.1, 0.15) is 28.1 Å².